The van der Waals surface area contributed by atoms with Crippen LogP contribution in [-0.4, -0.2) is 20.3 Å². The molecule has 0 unspecified atom stereocenters. The van der Waals surface area contributed by atoms with Crippen molar-refractivity contribution in [2.24, 2.45) is 5.10 Å². The minimum atomic E-state index is 0.991. The van der Waals surface area contributed by atoms with E-state index in [-0.39, 0.29) is 0 Å². The molecule has 0 aliphatic carbocycles. The number of nitrogens with one attached hydrogen (secondary N) is 1. The third-order valence-electron chi connectivity index (χ3n) is 2.39. The average Bonchev–Trinajstić information content (AvgIpc) is 2.42. The number of rotatable bonds is 6. The first-order valence-electron chi connectivity index (χ1n) is 6.14. The van der Waals surface area contributed by atoms with Crippen molar-refractivity contribution in [2.45, 2.75) is 13.3 Å². The highest BCUT2D eigenvalue weighted by Crippen LogP contribution is 2.11. The lowest BCUT2D eigenvalue weighted by atomic mass is 10.2. The first-order chi connectivity index (χ1) is 8.77. The van der Waals surface area contributed by atoms with Gasteiger partial charge in [-0.25, -0.2) is 0 Å². The van der Waals surface area contributed by atoms with Gasteiger partial charge in [-0.1, -0.05) is 31.2 Å². The first kappa shape index (κ1) is 14.0. The maximum Gasteiger partial charge on any atom is 0.0590 e. The van der Waals surface area contributed by atoms with Gasteiger partial charge in [0.1, 0.15) is 0 Å². The van der Waals surface area contributed by atoms with Crippen molar-refractivity contribution in [3.05, 3.63) is 54.3 Å². The molecule has 0 heterocycles. The fourth-order valence-electron chi connectivity index (χ4n) is 1.44. The summed E-state index contributed by atoms with van der Waals surface area (Å²) in [4.78, 5) is 0. The predicted molar refractivity (Wildman–Crippen MR) is 79.9 cm³/mol. The second-order valence-electron chi connectivity index (χ2n) is 3.84. The Kier molecular flexibility index (Phi) is 6.33. The molecule has 0 atom stereocenters. The van der Waals surface area contributed by atoms with Crippen LogP contribution in [0.1, 0.15) is 13.3 Å². The molecule has 0 radical (unpaired) electrons. The Morgan fingerprint density at radius 3 is 2.67 bits per heavy atom. The molecule has 18 heavy (non-hydrogen) atoms. The van der Waals surface area contributed by atoms with Crippen molar-refractivity contribution in [2.75, 3.05) is 19.1 Å². The van der Waals surface area contributed by atoms with Crippen molar-refractivity contribution in [1.29, 1.82) is 0 Å². The molecule has 0 bridgehead atoms. The van der Waals surface area contributed by atoms with Crippen LogP contribution in [0, 0.1) is 0 Å². The number of benzene rings is 1. The highest BCUT2D eigenvalue weighted by molar-refractivity contribution is 5.82. The van der Waals surface area contributed by atoms with Gasteiger partial charge in [0, 0.05) is 14.1 Å². The summed E-state index contributed by atoms with van der Waals surface area (Å²) in [6.45, 7) is 2.11. The summed E-state index contributed by atoms with van der Waals surface area (Å²) < 4.78 is 0. The first-order valence-corrected chi connectivity index (χ1v) is 6.14. The number of hydrogen-bond acceptors (Lipinski definition) is 3. The van der Waals surface area contributed by atoms with Crippen LogP contribution in [0.5, 0.6) is 0 Å². The highest BCUT2D eigenvalue weighted by Gasteiger charge is 1.95. The lowest BCUT2D eigenvalue weighted by Gasteiger charge is -2.12. The second-order valence-corrected chi connectivity index (χ2v) is 3.84. The van der Waals surface area contributed by atoms with Gasteiger partial charge in [-0.2, -0.15) is 5.10 Å². The van der Waals surface area contributed by atoms with Crippen LogP contribution in [0.25, 0.3) is 0 Å². The molecule has 1 rings (SSSR count). The smallest absolute Gasteiger partial charge is 0.0590 e. The van der Waals surface area contributed by atoms with Crippen LogP contribution in [0.15, 0.2) is 59.4 Å². The van der Waals surface area contributed by atoms with E-state index in [1.165, 1.54) is 0 Å². The van der Waals surface area contributed by atoms with Gasteiger partial charge in [0.15, 0.2) is 0 Å². The van der Waals surface area contributed by atoms with Gasteiger partial charge in [0.05, 0.1) is 11.9 Å². The molecule has 0 aliphatic rings. The molecule has 0 saturated heterocycles. The quantitative estimate of drug-likeness (QED) is 0.472. The molecule has 3 heteroatoms. The number of hydrogen-bond donors (Lipinski definition) is 1. The van der Waals surface area contributed by atoms with Crippen molar-refractivity contribution >= 4 is 11.9 Å². The molecule has 0 aliphatic heterocycles. The number of hydrazone groups is 1. The highest BCUT2D eigenvalue weighted by atomic mass is 15.4. The van der Waals surface area contributed by atoms with Crippen LogP contribution < -0.4 is 10.3 Å². The summed E-state index contributed by atoms with van der Waals surface area (Å²) in [5.41, 5.74) is 2.16. The summed E-state index contributed by atoms with van der Waals surface area (Å²) in [5.74, 6) is 0. The topological polar surface area (TPSA) is 27.6 Å². The number of anilines is 1. The molecule has 0 aromatic heterocycles. The van der Waals surface area contributed by atoms with Crippen molar-refractivity contribution < 1.29 is 0 Å². The fourth-order valence-corrected chi connectivity index (χ4v) is 1.44. The van der Waals surface area contributed by atoms with Gasteiger partial charge in [0.25, 0.3) is 0 Å². The maximum atomic E-state index is 4.43. The molecule has 1 N–H and O–H groups in total. The van der Waals surface area contributed by atoms with E-state index >= 15 is 0 Å². The van der Waals surface area contributed by atoms with Crippen molar-refractivity contribution in [1.82, 2.24) is 5.32 Å². The van der Waals surface area contributed by atoms with Gasteiger partial charge < -0.3 is 5.32 Å². The summed E-state index contributed by atoms with van der Waals surface area (Å²) in [5, 5.41) is 9.26. The standard InChI is InChI=1S/C15H21N3/c1-4-8-14(11-12-16-2)13-17-18(3)15-9-6-5-7-10-15/h5-13,16H,4H2,1-3H3/b12-11-,14-8+,17-13+. The third kappa shape index (κ3) is 4.87. The van der Waals surface area contributed by atoms with E-state index in [4.69, 9.17) is 0 Å². The van der Waals surface area contributed by atoms with E-state index in [2.05, 4.69) is 23.4 Å². The zero-order valence-electron chi connectivity index (χ0n) is 11.3. The Bertz CT molecular complexity index is 419. The van der Waals surface area contributed by atoms with E-state index in [1.807, 2.05) is 67.9 Å². The van der Waals surface area contributed by atoms with Gasteiger partial charge in [-0.05, 0) is 36.4 Å². The van der Waals surface area contributed by atoms with Crippen LogP contribution in [0.2, 0.25) is 0 Å². The zero-order valence-corrected chi connectivity index (χ0v) is 11.3. The molecule has 96 valence electrons. The van der Waals surface area contributed by atoms with Crippen molar-refractivity contribution in [3.8, 4) is 0 Å². The zero-order chi connectivity index (χ0) is 13.2. The average molecular weight is 243 g/mol. The number of para-hydroxylation sites is 1. The summed E-state index contributed by atoms with van der Waals surface area (Å²) in [6, 6.07) is 10.1. The lowest BCUT2D eigenvalue weighted by molar-refractivity contribution is 1.02. The molecule has 0 saturated carbocycles. The van der Waals surface area contributed by atoms with E-state index in [0.717, 1.165) is 17.7 Å². The summed E-state index contributed by atoms with van der Waals surface area (Å²) >= 11 is 0. The Morgan fingerprint density at radius 2 is 2.06 bits per heavy atom. The van der Waals surface area contributed by atoms with E-state index < -0.39 is 0 Å². The molecule has 1 aromatic carbocycles. The van der Waals surface area contributed by atoms with Crippen molar-refractivity contribution in [3.63, 3.8) is 0 Å². The Labute approximate surface area is 110 Å². The second kappa shape index (κ2) is 8.12. The van der Waals surface area contributed by atoms with Crippen LogP contribution in [0.3, 0.4) is 0 Å². The third-order valence-corrected chi connectivity index (χ3v) is 2.39. The molecule has 3 nitrogen and oxygen atoms in total. The molecular formula is C15H21N3. The Morgan fingerprint density at radius 1 is 1.33 bits per heavy atom. The van der Waals surface area contributed by atoms with Crippen LogP contribution >= 0.6 is 0 Å². The minimum Gasteiger partial charge on any atom is -0.394 e. The minimum absolute atomic E-state index is 0.991. The number of allylic oxidation sites excluding steroid dienone is 3. The number of nitrogens with zero attached hydrogens (tertiary/aromatic N) is 2. The van der Waals surface area contributed by atoms with Gasteiger partial charge in [-0.3, -0.25) is 5.01 Å². The van der Waals surface area contributed by atoms with Crippen LogP contribution in [0.4, 0.5) is 5.69 Å². The monoisotopic (exact) mass is 243 g/mol. The molecule has 1 aromatic rings. The molecule has 0 amide bonds. The predicted octanol–water partition coefficient (Wildman–Crippen LogP) is 3.18. The largest absolute Gasteiger partial charge is 0.394 e. The lowest BCUT2D eigenvalue weighted by Crippen LogP contribution is -2.08. The maximum absolute atomic E-state index is 4.43. The van der Waals surface area contributed by atoms with Crippen LogP contribution in [-0.2, 0) is 0 Å². The molecule has 0 spiro atoms. The summed E-state index contributed by atoms with van der Waals surface area (Å²) in [7, 11) is 3.82. The van der Waals surface area contributed by atoms with Gasteiger partial charge >= 0.3 is 0 Å². The fraction of sp³-hybridized carbons (Fsp3) is 0.267. The van der Waals surface area contributed by atoms with E-state index in [0.29, 0.717) is 0 Å². The van der Waals surface area contributed by atoms with Gasteiger partial charge in [0.2, 0.25) is 0 Å². The molecular weight excluding hydrogens is 222 g/mol. The van der Waals surface area contributed by atoms with Gasteiger partial charge in [-0.15, -0.1) is 0 Å². The van der Waals surface area contributed by atoms with E-state index in [1.54, 1.807) is 0 Å². The summed E-state index contributed by atoms with van der Waals surface area (Å²) in [6.07, 6.45) is 8.90. The van der Waals surface area contributed by atoms with E-state index in [9.17, 15) is 0 Å². The Balaban J connectivity index is 2.72. The Hall–Kier alpha value is -2.03. The molecule has 0 fully saturated rings. The SMILES string of the molecule is CC/C=C(\C=C/NC)/C=N/N(C)c1ccccc1. The normalized spacial score (nSPS) is 12.3.